The summed E-state index contributed by atoms with van der Waals surface area (Å²) in [7, 11) is 0. The molecule has 0 aromatic heterocycles. The number of rotatable bonds is 12. The van der Waals surface area contributed by atoms with Gasteiger partial charge in [0.15, 0.2) is 0 Å². The van der Waals surface area contributed by atoms with Crippen LogP contribution in [0, 0.1) is 0 Å². The minimum atomic E-state index is -1.44. The molecule has 3 N–H and O–H groups in total. The number of carbonyl (C=O) groups is 6. The van der Waals surface area contributed by atoms with Crippen LogP contribution in [-0.2, 0) is 19.2 Å². The van der Waals surface area contributed by atoms with E-state index in [1.165, 1.54) is 28.8 Å². The molecule has 3 heterocycles. The number of hydrogen-bond donors (Lipinski definition) is 3. The quantitative estimate of drug-likeness (QED) is 0.249. The van der Waals surface area contributed by atoms with Crippen LogP contribution in [0.25, 0.3) is 0 Å². The molecule has 208 valence electrons. The number of carbonyl (C=O) groups excluding carboxylic acids is 4. The number of nitrogens with zero attached hydrogens (tertiary/aromatic N) is 3. The topological polar surface area (TPSA) is 165 Å². The first kappa shape index (κ1) is 28.3. The van der Waals surface area contributed by atoms with Crippen LogP contribution in [-0.4, -0.2) is 103 Å². The summed E-state index contributed by atoms with van der Waals surface area (Å²) in [4.78, 5) is 78.8. The molecule has 1 aromatic carbocycles. The molecule has 0 radical (unpaired) electrons. The molecule has 3 aliphatic heterocycles. The number of carboxylic acids is 2. The highest BCUT2D eigenvalue weighted by Gasteiger charge is 2.54. The molecule has 1 aromatic rings. The van der Waals surface area contributed by atoms with Gasteiger partial charge in [-0.05, 0) is 43.6 Å². The Kier molecular flexibility index (Phi) is 8.40. The van der Waals surface area contributed by atoms with Crippen molar-refractivity contribution in [2.75, 3.05) is 25.4 Å². The van der Waals surface area contributed by atoms with Crippen LogP contribution in [0.3, 0.4) is 0 Å². The monoisotopic (exact) mass is 558 g/mol. The van der Waals surface area contributed by atoms with Crippen LogP contribution in [0.5, 0.6) is 0 Å². The molecule has 0 spiro atoms. The second-order valence-corrected chi connectivity index (χ2v) is 10.6. The standard InChI is InChI=1S/C26H30N4O8S/c1-3-28(4-2)12-14-13-39-24-19(23(34)30(24)20(14)26(37)38)27-18(31)11-7-10-17(25(35)36)29-21(32)15-8-5-6-9-16(15)22(29)33/h5-6,8-9,17,19,24H,3-4,7,10-13H2,1-2H3,(H,27,31)(H,35,36)(H,37,38)/t17?,19-,24+/m1/s1. The number of aliphatic carboxylic acids is 2. The van der Waals surface area contributed by atoms with Crippen molar-refractivity contribution in [1.82, 2.24) is 20.0 Å². The van der Waals surface area contributed by atoms with Gasteiger partial charge in [-0.2, -0.15) is 0 Å². The molecular weight excluding hydrogens is 528 g/mol. The fraction of sp³-hybridized carbons (Fsp3) is 0.462. The number of benzene rings is 1. The van der Waals surface area contributed by atoms with Crippen molar-refractivity contribution in [3.05, 3.63) is 46.7 Å². The molecule has 1 saturated heterocycles. The van der Waals surface area contributed by atoms with E-state index >= 15 is 0 Å². The van der Waals surface area contributed by atoms with Crippen LogP contribution in [0.1, 0.15) is 53.8 Å². The van der Waals surface area contributed by atoms with Crippen molar-refractivity contribution in [3.63, 3.8) is 0 Å². The minimum Gasteiger partial charge on any atom is -0.480 e. The van der Waals surface area contributed by atoms with Gasteiger partial charge in [0.25, 0.3) is 17.7 Å². The lowest BCUT2D eigenvalue weighted by Gasteiger charge is -2.49. The normalized spacial score (nSPS) is 21.1. The van der Waals surface area contributed by atoms with Crippen molar-refractivity contribution in [2.45, 2.75) is 50.6 Å². The van der Waals surface area contributed by atoms with E-state index in [1.807, 2.05) is 13.8 Å². The fourth-order valence-electron chi connectivity index (χ4n) is 5.08. The molecule has 0 aliphatic carbocycles. The predicted molar refractivity (Wildman–Crippen MR) is 140 cm³/mol. The zero-order valence-electron chi connectivity index (χ0n) is 21.6. The van der Waals surface area contributed by atoms with E-state index in [4.69, 9.17) is 0 Å². The molecule has 13 heteroatoms. The molecule has 4 amide bonds. The molecule has 12 nitrogen and oxygen atoms in total. The Morgan fingerprint density at radius 1 is 1.08 bits per heavy atom. The van der Waals surface area contributed by atoms with Crippen LogP contribution >= 0.6 is 11.8 Å². The molecule has 3 aliphatic rings. The van der Waals surface area contributed by atoms with Crippen molar-refractivity contribution < 1.29 is 39.0 Å². The highest BCUT2D eigenvalue weighted by atomic mass is 32.2. The third-order valence-corrected chi connectivity index (χ3v) is 8.52. The maximum absolute atomic E-state index is 12.9. The second kappa shape index (κ2) is 11.6. The number of imide groups is 1. The van der Waals surface area contributed by atoms with Gasteiger partial charge in [-0.25, -0.2) is 9.59 Å². The van der Waals surface area contributed by atoms with Crippen LogP contribution < -0.4 is 5.32 Å². The fourth-order valence-corrected chi connectivity index (χ4v) is 6.41. The summed E-state index contributed by atoms with van der Waals surface area (Å²) in [5, 5.41) is 21.6. The zero-order chi connectivity index (χ0) is 28.4. The third-order valence-electron chi connectivity index (χ3n) is 7.18. The summed E-state index contributed by atoms with van der Waals surface area (Å²) in [6.45, 7) is 5.87. The third kappa shape index (κ3) is 5.28. The van der Waals surface area contributed by atoms with Gasteiger partial charge in [0.1, 0.15) is 23.2 Å². The van der Waals surface area contributed by atoms with E-state index in [2.05, 4.69) is 10.2 Å². The SMILES string of the molecule is CCN(CC)CC1=C(C(=O)O)N2C(=O)[C@@H](NC(=O)CCCC(C(=O)O)N3C(=O)c4ccccc4C3=O)[C@@H]2SC1. The average Bonchev–Trinajstić information content (AvgIpc) is 3.17. The summed E-state index contributed by atoms with van der Waals surface area (Å²) in [5.74, 6) is -4.52. The van der Waals surface area contributed by atoms with Gasteiger partial charge >= 0.3 is 11.9 Å². The Morgan fingerprint density at radius 2 is 1.69 bits per heavy atom. The van der Waals surface area contributed by atoms with E-state index in [9.17, 15) is 39.0 Å². The summed E-state index contributed by atoms with van der Waals surface area (Å²) >= 11 is 1.39. The summed E-state index contributed by atoms with van der Waals surface area (Å²) in [5.41, 5.74) is 0.893. The molecule has 4 rings (SSSR count). The van der Waals surface area contributed by atoms with Crippen molar-refractivity contribution in [3.8, 4) is 0 Å². The van der Waals surface area contributed by atoms with E-state index in [-0.39, 0.29) is 36.1 Å². The Labute approximate surface area is 229 Å². The van der Waals surface area contributed by atoms with Gasteiger partial charge in [-0.3, -0.25) is 33.9 Å². The van der Waals surface area contributed by atoms with Gasteiger partial charge in [-0.1, -0.05) is 26.0 Å². The summed E-state index contributed by atoms with van der Waals surface area (Å²) in [6.07, 6.45) is -0.229. The smallest absolute Gasteiger partial charge is 0.352 e. The van der Waals surface area contributed by atoms with Crippen LogP contribution in [0.2, 0.25) is 0 Å². The van der Waals surface area contributed by atoms with Crippen LogP contribution in [0.4, 0.5) is 0 Å². The van der Waals surface area contributed by atoms with Crippen molar-refractivity contribution in [2.24, 2.45) is 0 Å². The van der Waals surface area contributed by atoms with Gasteiger partial charge < -0.3 is 15.5 Å². The molecule has 1 unspecified atom stereocenters. The summed E-state index contributed by atoms with van der Waals surface area (Å²) in [6, 6.07) is 3.76. The second-order valence-electron chi connectivity index (χ2n) is 9.45. The molecule has 1 fully saturated rings. The largest absolute Gasteiger partial charge is 0.480 e. The number of carboxylic acid groups (broad SMARTS) is 2. The van der Waals surface area contributed by atoms with E-state index in [1.54, 1.807) is 12.1 Å². The first-order chi connectivity index (χ1) is 18.6. The average molecular weight is 559 g/mol. The van der Waals surface area contributed by atoms with Crippen molar-refractivity contribution in [1.29, 1.82) is 0 Å². The molecule has 39 heavy (non-hydrogen) atoms. The van der Waals surface area contributed by atoms with E-state index in [0.717, 1.165) is 13.1 Å². The number of amides is 4. The number of fused-ring (bicyclic) bond motifs is 2. The van der Waals surface area contributed by atoms with Gasteiger partial charge in [0.05, 0.1) is 11.1 Å². The number of β-lactam (4-membered cyclic amide) rings is 1. The molecule has 3 atom stereocenters. The Morgan fingerprint density at radius 3 is 2.23 bits per heavy atom. The lowest BCUT2D eigenvalue weighted by molar-refractivity contribution is -0.150. The highest BCUT2D eigenvalue weighted by Crippen LogP contribution is 2.40. The lowest BCUT2D eigenvalue weighted by Crippen LogP contribution is -2.70. The molecular formula is C26H30N4O8S. The molecule has 0 bridgehead atoms. The minimum absolute atomic E-state index is 0.0357. The summed E-state index contributed by atoms with van der Waals surface area (Å²) < 4.78 is 0. The number of hydrogen-bond acceptors (Lipinski definition) is 8. The number of likely N-dealkylation sites (N-methyl/N-ethyl adjacent to an activating group) is 1. The van der Waals surface area contributed by atoms with Crippen molar-refractivity contribution >= 4 is 47.3 Å². The zero-order valence-corrected chi connectivity index (χ0v) is 22.4. The first-order valence-electron chi connectivity index (χ1n) is 12.7. The van der Waals surface area contributed by atoms with E-state index in [0.29, 0.717) is 22.8 Å². The van der Waals surface area contributed by atoms with Gasteiger partial charge in [0, 0.05) is 18.7 Å². The van der Waals surface area contributed by atoms with Gasteiger partial charge in [-0.15, -0.1) is 11.8 Å². The lowest BCUT2D eigenvalue weighted by atomic mass is 10.0. The Bertz CT molecular complexity index is 1230. The van der Waals surface area contributed by atoms with E-state index < -0.39 is 53.0 Å². The van der Waals surface area contributed by atoms with Gasteiger partial charge in [0.2, 0.25) is 5.91 Å². The maximum atomic E-state index is 12.9. The maximum Gasteiger partial charge on any atom is 0.352 e. The Hall–Kier alpha value is -3.71. The number of thioether (sulfide) groups is 1. The first-order valence-corrected chi connectivity index (χ1v) is 13.8. The van der Waals surface area contributed by atoms with Crippen LogP contribution in [0.15, 0.2) is 35.5 Å². The molecule has 0 saturated carbocycles. The number of nitrogens with one attached hydrogen (secondary N) is 1. The highest BCUT2D eigenvalue weighted by molar-refractivity contribution is 8.00. The Balaban J connectivity index is 1.35. The predicted octanol–water partition coefficient (Wildman–Crippen LogP) is 0.987.